The maximum atomic E-state index is 5.82. The van der Waals surface area contributed by atoms with E-state index >= 15 is 0 Å². The number of hydrogen-bond donors (Lipinski definition) is 2. The van der Waals surface area contributed by atoms with E-state index in [0.29, 0.717) is 30.9 Å². The minimum Gasteiger partial charge on any atom is -0.472 e. The monoisotopic (exact) mass is 292 g/mol. The first-order valence-corrected chi connectivity index (χ1v) is 7.36. The Labute approximate surface area is 125 Å². The SMILES string of the molecule is CC(C)CNC(N)=NCc1ccnc(OC2CCOC2)c1. The second kappa shape index (κ2) is 7.83. The van der Waals surface area contributed by atoms with E-state index in [2.05, 4.69) is 29.1 Å². The van der Waals surface area contributed by atoms with Gasteiger partial charge in [-0.25, -0.2) is 9.98 Å². The molecular weight excluding hydrogens is 268 g/mol. The Morgan fingerprint density at radius 3 is 3.19 bits per heavy atom. The Bertz CT molecular complexity index is 470. The quantitative estimate of drug-likeness (QED) is 0.610. The number of hydrogen-bond acceptors (Lipinski definition) is 4. The zero-order valence-corrected chi connectivity index (χ0v) is 12.7. The molecule has 1 aliphatic heterocycles. The molecular formula is C15H24N4O2. The summed E-state index contributed by atoms with van der Waals surface area (Å²) in [6, 6.07) is 3.81. The van der Waals surface area contributed by atoms with E-state index in [1.54, 1.807) is 6.20 Å². The van der Waals surface area contributed by atoms with Gasteiger partial charge in [0.2, 0.25) is 5.88 Å². The van der Waals surface area contributed by atoms with Crippen molar-refractivity contribution in [3.8, 4) is 5.88 Å². The standard InChI is InChI=1S/C15H24N4O2/c1-11(2)8-18-15(16)19-9-12-3-5-17-14(7-12)21-13-4-6-20-10-13/h3,5,7,11,13H,4,6,8-10H2,1-2H3,(H3,16,18,19). The molecule has 0 bridgehead atoms. The van der Waals surface area contributed by atoms with Gasteiger partial charge in [-0.2, -0.15) is 0 Å². The minimum absolute atomic E-state index is 0.106. The number of nitrogens with one attached hydrogen (secondary N) is 1. The highest BCUT2D eigenvalue weighted by Gasteiger charge is 2.17. The van der Waals surface area contributed by atoms with Crippen LogP contribution >= 0.6 is 0 Å². The molecule has 1 aromatic rings. The van der Waals surface area contributed by atoms with Crippen LogP contribution in [0.1, 0.15) is 25.8 Å². The van der Waals surface area contributed by atoms with Gasteiger partial charge in [-0.3, -0.25) is 0 Å². The zero-order valence-electron chi connectivity index (χ0n) is 12.7. The topological polar surface area (TPSA) is 81.8 Å². The highest BCUT2D eigenvalue weighted by molar-refractivity contribution is 5.77. The smallest absolute Gasteiger partial charge is 0.213 e. The number of aliphatic imine (C=N–C) groups is 1. The predicted octanol–water partition coefficient (Wildman–Crippen LogP) is 1.31. The number of aromatic nitrogens is 1. The van der Waals surface area contributed by atoms with Crippen molar-refractivity contribution in [2.75, 3.05) is 19.8 Å². The van der Waals surface area contributed by atoms with Crippen LogP contribution in [0.4, 0.5) is 0 Å². The van der Waals surface area contributed by atoms with E-state index in [4.69, 9.17) is 15.2 Å². The molecule has 1 atom stereocenters. The molecule has 3 N–H and O–H groups in total. The summed E-state index contributed by atoms with van der Waals surface area (Å²) in [4.78, 5) is 8.53. The molecule has 2 heterocycles. The van der Waals surface area contributed by atoms with Gasteiger partial charge in [-0.05, 0) is 17.5 Å². The van der Waals surface area contributed by atoms with Gasteiger partial charge in [0.15, 0.2) is 5.96 Å². The Morgan fingerprint density at radius 2 is 2.48 bits per heavy atom. The van der Waals surface area contributed by atoms with Gasteiger partial charge >= 0.3 is 0 Å². The summed E-state index contributed by atoms with van der Waals surface area (Å²) in [6.07, 6.45) is 2.75. The normalized spacial score (nSPS) is 19.0. The van der Waals surface area contributed by atoms with E-state index in [-0.39, 0.29) is 6.10 Å². The average molecular weight is 292 g/mol. The third-order valence-electron chi connectivity index (χ3n) is 3.10. The molecule has 116 valence electrons. The molecule has 0 aliphatic carbocycles. The lowest BCUT2D eigenvalue weighted by atomic mass is 10.2. The van der Waals surface area contributed by atoms with Crippen LogP contribution in [0.25, 0.3) is 0 Å². The highest BCUT2D eigenvalue weighted by Crippen LogP contribution is 2.16. The van der Waals surface area contributed by atoms with Crippen LogP contribution in [0.5, 0.6) is 5.88 Å². The molecule has 0 spiro atoms. The number of nitrogens with two attached hydrogens (primary N) is 1. The predicted molar refractivity (Wildman–Crippen MR) is 82.3 cm³/mol. The van der Waals surface area contributed by atoms with Gasteiger partial charge in [-0.1, -0.05) is 13.8 Å². The first kappa shape index (κ1) is 15.6. The first-order valence-electron chi connectivity index (χ1n) is 7.36. The number of pyridine rings is 1. The summed E-state index contributed by atoms with van der Waals surface area (Å²) < 4.78 is 11.1. The van der Waals surface area contributed by atoms with Crippen LogP contribution in [-0.4, -0.2) is 36.8 Å². The molecule has 0 aromatic carbocycles. The Balaban J connectivity index is 1.86. The van der Waals surface area contributed by atoms with E-state index in [9.17, 15) is 0 Å². The van der Waals surface area contributed by atoms with Crippen molar-refractivity contribution in [3.05, 3.63) is 23.9 Å². The molecule has 1 aliphatic rings. The van der Waals surface area contributed by atoms with Crippen molar-refractivity contribution >= 4 is 5.96 Å². The lowest BCUT2D eigenvalue weighted by Gasteiger charge is -2.11. The molecule has 1 saturated heterocycles. The van der Waals surface area contributed by atoms with E-state index < -0.39 is 0 Å². The van der Waals surface area contributed by atoms with Crippen molar-refractivity contribution in [2.24, 2.45) is 16.6 Å². The lowest BCUT2D eigenvalue weighted by Crippen LogP contribution is -2.34. The molecule has 21 heavy (non-hydrogen) atoms. The zero-order chi connectivity index (χ0) is 15.1. The van der Waals surface area contributed by atoms with Gasteiger partial charge in [0, 0.05) is 25.2 Å². The molecule has 0 amide bonds. The van der Waals surface area contributed by atoms with Gasteiger partial charge in [0.05, 0.1) is 19.8 Å². The average Bonchev–Trinajstić information content (AvgIpc) is 2.96. The first-order chi connectivity index (χ1) is 10.1. The minimum atomic E-state index is 0.106. The summed E-state index contributed by atoms with van der Waals surface area (Å²) in [5, 5.41) is 3.09. The van der Waals surface area contributed by atoms with Crippen LogP contribution in [0.3, 0.4) is 0 Å². The van der Waals surface area contributed by atoms with Crippen molar-refractivity contribution in [1.29, 1.82) is 0 Å². The third kappa shape index (κ3) is 5.59. The lowest BCUT2D eigenvalue weighted by molar-refractivity contribution is 0.138. The fraction of sp³-hybridized carbons (Fsp3) is 0.600. The fourth-order valence-electron chi connectivity index (χ4n) is 1.93. The molecule has 6 nitrogen and oxygen atoms in total. The van der Waals surface area contributed by atoms with Gasteiger partial charge in [0.25, 0.3) is 0 Å². The summed E-state index contributed by atoms with van der Waals surface area (Å²) in [7, 11) is 0. The van der Waals surface area contributed by atoms with Crippen LogP contribution in [0, 0.1) is 5.92 Å². The van der Waals surface area contributed by atoms with Crippen molar-refractivity contribution in [3.63, 3.8) is 0 Å². The molecule has 2 rings (SSSR count). The third-order valence-corrected chi connectivity index (χ3v) is 3.10. The summed E-state index contributed by atoms with van der Waals surface area (Å²) in [6.45, 7) is 6.97. The van der Waals surface area contributed by atoms with Crippen LogP contribution in [-0.2, 0) is 11.3 Å². The van der Waals surface area contributed by atoms with Crippen LogP contribution in [0.2, 0.25) is 0 Å². The molecule has 1 unspecified atom stereocenters. The summed E-state index contributed by atoms with van der Waals surface area (Å²) in [5.41, 5.74) is 6.84. The van der Waals surface area contributed by atoms with Crippen LogP contribution < -0.4 is 15.8 Å². The molecule has 0 radical (unpaired) electrons. The van der Waals surface area contributed by atoms with Crippen molar-refractivity contribution in [1.82, 2.24) is 10.3 Å². The second-order valence-electron chi connectivity index (χ2n) is 5.58. The largest absolute Gasteiger partial charge is 0.472 e. The maximum Gasteiger partial charge on any atom is 0.213 e. The Hall–Kier alpha value is -1.82. The van der Waals surface area contributed by atoms with Crippen molar-refractivity contribution < 1.29 is 9.47 Å². The van der Waals surface area contributed by atoms with E-state index in [1.807, 2.05) is 12.1 Å². The number of ether oxygens (including phenoxy) is 2. The fourth-order valence-corrected chi connectivity index (χ4v) is 1.93. The Morgan fingerprint density at radius 1 is 1.62 bits per heavy atom. The van der Waals surface area contributed by atoms with Gasteiger partial charge in [0.1, 0.15) is 6.10 Å². The molecule has 0 saturated carbocycles. The van der Waals surface area contributed by atoms with Gasteiger partial charge < -0.3 is 20.5 Å². The number of guanidine groups is 1. The van der Waals surface area contributed by atoms with Crippen LogP contribution in [0.15, 0.2) is 23.3 Å². The second-order valence-corrected chi connectivity index (χ2v) is 5.58. The summed E-state index contributed by atoms with van der Waals surface area (Å²) in [5.74, 6) is 1.62. The summed E-state index contributed by atoms with van der Waals surface area (Å²) >= 11 is 0. The number of rotatable bonds is 6. The number of nitrogens with zero attached hydrogens (tertiary/aromatic N) is 2. The van der Waals surface area contributed by atoms with E-state index in [1.165, 1.54) is 0 Å². The van der Waals surface area contributed by atoms with Gasteiger partial charge in [-0.15, -0.1) is 0 Å². The maximum absolute atomic E-state index is 5.82. The highest BCUT2D eigenvalue weighted by atomic mass is 16.5. The molecule has 1 aromatic heterocycles. The van der Waals surface area contributed by atoms with Crippen molar-refractivity contribution in [2.45, 2.75) is 32.9 Å². The van der Waals surface area contributed by atoms with E-state index in [0.717, 1.165) is 25.1 Å². The molecule has 1 fully saturated rings. The molecule has 6 heteroatoms. The Kier molecular flexibility index (Phi) is 5.80.